The van der Waals surface area contributed by atoms with Gasteiger partial charge in [-0.3, -0.25) is 0 Å². The van der Waals surface area contributed by atoms with E-state index in [4.69, 9.17) is 4.74 Å². The first kappa shape index (κ1) is 14.2. The first-order valence-electron chi connectivity index (χ1n) is 8.32. The Hall–Kier alpha value is -2.36. The van der Waals surface area contributed by atoms with Gasteiger partial charge in [-0.1, -0.05) is 6.92 Å². The van der Waals surface area contributed by atoms with Crippen LogP contribution >= 0.6 is 0 Å². The summed E-state index contributed by atoms with van der Waals surface area (Å²) in [5, 5.41) is 0. The van der Waals surface area contributed by atoms with Gasteiger partial charge in [-0.2, -0.15) is 0 Å². The number of fused-ring (bicyclic) bond motifs is 1. The van der Waals surface area contributed by atoms with Crippen LogP contribution in [0.1, 0.15) is 37.3 Å². The SMILES string of the molecule is CCCN(C)c1cc(C2=Nc3ccc(OC4CC4)cc32)ccn1. The van der Waals surface area contributed by atoms with Gasteiger partial charge in [0.15, 0.2) is 0 Å². The lowest BCUT2D eigenvalue weighted by atomic mass is 9.96. The monoisotopic (exact) mass is 307 g/mol. The number of ether oxygens (including phenoxy) is 1. The molecule has 118 valence electrons. The average Bonchev–Trinajstić information content (AvgIpc) is 3.35. The summed E-state index contributed by atoms with van der Waals surface area (Å²) in [6, 6.07) is 10.3. The van der Waals surface area contributed by atoms with Crippen LogP contribution < -0.4 is 9.64 Å². The molecule has 1 aromatic heterocycles. The summed E-state index contributed by atoms with van der Waals surface area (Å²) < 4.78 is 5.90. The molecule has 2 heterocycles. The molecule has 0 saturated heterocycles. The molecule has 1 fully saturated rings. The summed E-state index contributed by atoms with van der Waals surface area (Å²) in [6.07, 6.45) is 5.74. The van der Waals surface area contributed by atoms with Gasteiger partial charge in [0.05, 0.1) is 17.5 Å². The van der Waals surface area contributed by atoms with E-state index in [1.54, 1.807) is 0 Å². The van der Waals surface area contributed by atoms with Crippen LogP contribution in [0.15, 0.2) is 41.5 Å². The Balaban J connectivity index is 1.58. The molecule has 1 aliphatic carbocycles. The molecule has 23 heavy (non-hydrogen) atoms. The van der Waals surface area contributed by atoms with Gasteiger partial charge in [-0.05, 0) is 49.6 Å². The lowest BCUT2D eigenvalue weighted by molar-refractivity contribution is 0.303. The highest BCUT2D eigenvalue weighted by Gasteiger charge is 2.26. The van der Waals surface area contributed by atoms with Crippen molar-refractivity contribution in [1.82, 2.24) is 4.98 Å². The molecule has 2 aromatic rings. The maximum Gasteiger partial charge on any atom is 0.128 e. The Morgan fingerprint density at radius 3 is 2.87 bits per heavy atom. The number of nitrogens with zero attached hydrogens (tertiary/aromatic N) is 3. The van der Waals surface area contributed by atoms with Crippen LogP contribution in [-0.4, -0.2) is 30.4 Å². The Bertz CT molecular complexity index is 765. The highest BCUT2D eigenvalue weighted by Crippen LogP contribution is 2.37. The Morgan fingerprint density at radius 1 is 1.22 bits per heavy atom. The summed E-state index contributed by atoms with van der Waals surface area (Å²) in [6.45, 7) is 3.17. The molecule has 1 aromatic carbocycles. The largest absolute Gasteiger partial charge is 0.490 e. The second kappa shape index (κ2) is 5.69. The number of hydrogen-bond acceptors (Lipinski definition) is 4. The highest BCUT2D eigenvalue weighted by atomic mass is 16.5. The van der Waals surface area contributed by atoms with Gasteiger partial charge >= 0.3 is 0 Å². The van der Waals surface area contributed by atoms with Gasteiger partial charge in [0.25, 0.3) is 0 Å². The molecular formula is C19H21N3O. The standard InChI is InChI=1S/C19H21N3O/c1-3-10-22(2)18-11-13(8-9-20-18)19-16-12-15(23-14-4-5-14)6-7-17(16)21-19/h6-9,11-12,14H,3-5,10H2,1-2H3. The van der Waals surface area contributed by atoms with Crippen molar-refractivity contribution < 1.29 is 4.74 Å². The van der Waals surface area contributed by atoms with E-state index in [2.05, 4.69) is 41.0 Å². The zero-order chi connectivity index (χ0) is 15.8. The van der Waals surface area contributed by atoms with Gasteiger partial charge in [-0.25, -0.2) is 9.98 Å². The summed E-state index contributed by atoms with van der Waals surface area (Å²) >= 11 is 0. The van der Waals surface area contributed by atoms with Crippen LogP contribution in [0.4, 0.5) is 11.5 Å². The molecule has 2 aliphatic rings. The smallest absolute Gasteiger partial charge is 0.128 e. The molecule has 0 spiro atoms. The van der Waals surface area contributed by atoms with E-state index in [-0.39, 0.29) is 0 Å². The number of benzene rings is 1. The van der Waals surface area contributed by atoms with Gasteiger partial charge < -0.3 is 9.64 Å². The zero-order valence-corrected chi connectivity index (χ0v) is 13.6. The number of hydrogen-bond donors (Lipinski definition) is 0. The Labute approximate surface area is 136 Å². The maximum absolute atomic E-state index is 5.90. The predicted octanol–water partition coefficient (Wildman–Crippen LogP) is 3.95. The normalized spacial score (nSPS) is 15.5. The van der Waals surface area contributed by atoms with E-state index >= 15 is 0 Å². The second-order valence-corrected chi connectivity index (χ2v) is 6.28. The molecule has 0 amide bonds. The van der Waals surface area contributed by atoms with E-state index in [1.165, 1.54) is 18.4 Å². The van der Waals surface area contributed by atoms with Crippen molar-refractivity contribution in [1.29, 1.82) is 0 Å². The summed E-state index contributed by atoms with van der Waals surface area (Å²) in [5.41, 5.74) is 4.38. The minimum absolute atomic E-state index is 0.420. The number of pyridine rings is 1. The lowest BCUT2D eigenvalue weighted by Crippen LogP contribution is -2.20. The third-order valence-electron chi connectivity index (χ3n) is 4.25. The maximum atomic E-state index is 5.90. The fraction of sp³-hybridized carbons (Fsp3) is 0.368. The van der Waals surface area contributed by atoms with Gasteiger partial charge in [-0.15, -0.1) is 0 Å². The second-order valence-electron chi connectivity index (χ2n) is 6.28. The van der Waals surface area contributed by atoms with Crippen molar-refractivity contribution in [3.63, 3.8) is 0 Å². The van der Waals surface area contributed by atoms with Gasteiger partial charge in [0.1, 0.15) is 11.6 Å². The molecule has 0 atom stereocenters. The van der Waals surface area contributed by atoms with E-state index < -0.39 is 0 Å². The van der Waals surface area contributed by atoms with Crippen molar-refractivity contribution in [2.75, 3.05) is 18.5 Å². The first-order valence-corrected chi connectivity index (χ1v) is 8.32. The van der Waals surface area contributed by atoms with Crippen LogP contribution in [-0.2, 0) is 0 Å². The Kier molecular flexibility index (Phi) is 3.52. The van der Waals surface area contributed by atoms with Crippen molar-refractivity contribution in [3.05, 3.63) is 47.7 Å². The van der Waals surface area contributed by atoms with Crippen molar-refractivity contribution in [2.45, 2.75) is 32.3 Å². The van der Waals surface area contributed by atoms with Crippen molar-refractivity contribution in [3.8, 4) is 5.75 Å². The average molecular weight is 307 g/mol. The molecular weight excluding hydrogens is 286 g/mol. The lowest BCUT2D eigenvalue weighted by Gasteiger charge is -2.22. The van der Waals surface area contributed by atoms with Gasteiger partial charge in [0.2, 0.25) is 0 Å². The molecule has 1 aliphatic heterocycles. The summed E-state index contributed by atoms with van der Waals surface area (Å²) in [5.74, 6) is 1.95. The molecule has 4 nitrogen and oxygen atoms in total. The van der Waals surface area contributed by atoms with E-state index in [0.717, 1.165) is 41.5 Å². The molecule has 0 radical (unpaired) electrons. The summed E-state index contributed by atoms with van der Waals surface area (Å²) in [4.78, 5) is 11.3. The minimum atomic E-state index is 0.420. The highest BCUT2D eigenvalue weighted by molar-refractivity contribution is 6.22. The molecule has 0 bridgehead atoms. The van der Waals surface area contributed by atoms with Crippen LogP contribution in [0.2, 0.25) is 0 Å². The summed E-state index contributed by atoms with van der Waals surface area (Å²) in [7, 11) is 2.08. The number of aromatic nitrogens is 1. The number of anilines is 1. The van der Waals surface area contributed by atoms with E-state index in [9.17, 15) is 0 Å². The third kappa shape index (κ3) is 2.81. The fourth-order valence-electron chi connectivity index (χ4n) is 2.83. The molecule has 4 rings (SSSR count). The molecule has 4 heteroatoms. The van der Waals surface area contributed by atoms with Crippen LogP contribution in [0, 0.1) is 0 Å². The fourth-order valence-corrected chi connectivity index (χ4v) is 2.83. The molecule has 1 saturated carbocycles. The molecule has 0 unspecified atom stereocenters. The number of rotatable bonds is 6. The quantitative estimate of drug-likeness (QED) is 0.692. The van der Waals surface area contributed by atoms with E-state index in [0.29, 0.717) is 6.10 Å². The predicted molar refractivity (Wildman–Crippen MR) is 93.2 cm³/mol. The van der Waals surface area contributed by atoms with Crippen molar-refractivity contribution >= 4 is 17.2 Å². The first-order chi connectivity index (χ1) is 11.2. The number of aliphatic imine (C=N–C) groups is 1. The van der Waals surface area contributed by atoms with Gasteiger partial charge in [0, 0.05) is 30.9 Å². The topological polar surface area (TPSA) is 37.7 Å². The third-order valence-corrected chi connectivity index (χ3v) is 4.25. The van der Waals surface area contributed by atoms with Crippen LogP contribution in [0.5, 0.6) is 5.75 Å². The Morgan fingerprint density at radius 2 is 2.09 bits per heavy atom. The van der Waals surface area contributed by atoms with Crippen LogP contribution in [0.3, 0.4) is 0 Å². The zero-order valence-electron chi connectivity index (χ0n) is 13.6. The van der Waals surface area contributed by atoms with E-state index in [1.807, 2.05) is 24.4 Å². The van der Waals surface area contributed by atoms with Crippen LogP contribution in [0.25, 0.3) is 0 Å². The van der Waals surface area contributed by atoms with Crippen molar-refractivity contribution in [2.24, 2.45) is 4.99 Å². The minimum Gasteiger partial charge on any atom is -0.490 e. The molecule has 0 N–H and O–H groups in total.